The molecule has 35 heavy (non-hydrogen) atoms. The van der Waals surface area contributed by atoms with Crippen LogP contribution in [0.25, 0.3) is 0 Å². The first kappa shape index (κ1) is 26.5. The lowest BCUT2D eigenvalue weighted by Gasteiger charge is -2.32. The van der Waals surface area contributed by atoms with Gasteiger partial charge in [0.05, 0.1) is 10.0 Å². The molecule has 184 valence electrons. The molecule has 3 aromatic carbocycles. The highest BCUT2D eigenvalue weighted by atomic mass is 35.5. The number of nitrogens with one attached hydrogen (secondary N) is 1. The van der Waals surface area contributed by atoms with E-state index in [1.165, 1.54) is 23.1 Å². The highest BCUT2D eigenvalue weighted by Gasteiger charge is 2.31. The van der Waals surface area contributed by atoms with Gasteiger partial charge in [0.15, 0.2) is 18.2 Å². The van der Waals surface area contributed by atoms with Crippen LogP contribution < -0.4 is 10.1 Å². The summed E-state index contributed by atoms with van der Waals surface area (Å²) in [5.41, 5.74) is 1.58. The zero-order valence-corrected chi connectivity index (χ0v) is 21.0. The Morgan fingerprint density at radius 1 is 0.943 bits per heavy atom. The van der Waals surface area contributed by atoms with Gasteiger partial charge in [0.1, 0.15) is 6.04 Å². The molecule has 2 amide bonds. The summed E-state index contributed by atoms with van der Waals surface area (Å²) < 4.78 is 19.5. The Morgan fingerprint density at radius 2 is 1.63 bits per heavy atom. The third-order valence-corrected chi connectivity index (χ3v) is 5.97. The second-order valence-electron chi connectivity index (χ2n) is 8.36. The van der Waals surface area contributed by atoms with Crippen LogP contribution in [-0.4, -0.2) is 35.4 Å². The molecule has 1 N–H and O–H groups in total. The van der Waals surface area contributed by atoms with Crippen molar-refractivity contribution in [1.29, 1.82) is 0 Å². The fourth-order valence-corrected chi connectivity index (χ4v) is 3.87. The summed E-state index contributed by atoms with van der Waals surface area (Å²) in [7, 11) is 0. The molecular formula is C27H27Cl2FN2O3. The van der Waals surface area contributed by atoms with E-state index in [1.54, 1.807) is 24.3 Å². The van der Waals surface area contributed by atoms with E-state index in [2.05, 4.69) is 5.32 Å². The molecule has 0 spiro atoms. The van der Waals surface area contributed by atoms with Crippen molar-refractivity contribution in [3.05, 3.63) is 99.8 Å². The third kappa shape index (κ3) is 7.70. The van der Waals surface area contributed by atoms with Crippen LogP contribution in [0.3, 0.4) is 0 Å². The normalized spacial score (nSPS) is 11.7. The molecule has 3 rings (SSSR count). The van der Waals surface area contributed by atoms with Crippen LogP contribution in [0, 0.1) is 5.82 Å². The largest absolute Gasteiger partial charge is 0.481 e. The second kappa shape index (κ2) is 12.6. The van der Waals surface area contributed by atoms with Crippen LogP contribution >= 0.6 is 23.2 Å². The number of hydrogen-bond donors (Lipinski definition) is 1. The number of carbonyl (C=O) groups excluding carboxylic acids is 2. The molecule has 1 unspecified atom stereocenters. The van der Waals surface area contributed by atoms with E-state index in [9.17, 15) is 14.0 Å². The third-order valence-electron chi connectivity index (χ3n) is 5.23. The van der Waals surface area contributed by atoms with Crippen molar-refractivity contribution in [2.24, 2.45) is 0 Å². The molecule has 5 nitrogen and oxygen atoms in total. The van der Waals surface area contributed by atoms with Gasteiger partial charge in [0.2, 0.25) is 5.91 Å². The Bertz CT molecular complexity index is 1160. The Labute approximate surface area is 214 Å². The minimum absolute atomic E-state index is 0.0402. The van der Waals surface area contributed by atoms with E-state index in [4.69, 9.17) is 27.9 Å². The van der Waals surface area contributed by atoms with Gasteiger partial charge in [-0.3, -0.25) is 9.59 Å². The molecule has 0 radical (unpaired) electrons. The van der Waals surface area contributed by atoms with Gasteiger partial charge in [0.25, 0.3) is 5.91 Å². The summed E-state index contributed by atoms with van der Waals surface area (Å²) >= 11 is 12.3. The van der Waals surface area contributed by atoms with Crippen LogP contribution in [-0.2, 0) is 22.6 Å². The van der Waals surface area contributed by atoms with Crippen molar-refractivity contribution >= 4 is 35.0 Å². The van der Waals surface area contributed by atoms with Crippen molar-refractivity contribution in [3.8, 4) is 5.75 Å². The highest BCUT2D eigenvalue weighted by Crippen LogP contribution is 2.24. The number of benzene rings is 3. The lowest BCUT2D eigenvalue weighted by atomic mass is 10.0. The SMILES string of the molecule is CC(C)NC(=O)C(Cc1ccccc1)N(Cc1ccc(Cl)c(Cl)c1)C(=O)COc1ccccc1F. The highest BCUT2D eigenvalue weighted by molar-refractivity contribution is 6.42. The fourth-order valence-electron chi connectivity index (χ4n) is 3.55. The predicted molar refractivity (Wildman–Crippen MR) is 136 cm³/mol. The quantitative estimate of drug-likeness (QED) is 0.377. The maximum Gasteiger partial charge on any atom is 0.261 e. The van der Waals surface area contributed by atoms with Crippen LogP contribution in [0.15, 0.2) is 72.8 Å². The number of ether oxygens (including phenoxy) is 1. The molecule has 0 aromatic heterocycles. The lowest BCUT2D eigenvalue weighted by molar-refractivity contribution is -0.143. The number of halogens is 3. The molecule has 0 fully saturated rings. The van der Waals surface area contributed by atoms with Crippen LogP contribution in [0.5, 0.6) is 5.75 Å². The van der Waals surface area contributed by atoms with Crippen molar-refractivity contribution in [2.45, 2.75) is 38.9 Å². The first-order valence-corrected chi connectivity index (χ1v) is 11.9. The van der Waals surface area contributed by atoms with Crippen LogP contribution in [0.1, 0.15) is 25.0 Å². The molecule has 0 heterocycles. The summed E-state index contributed by atoms with van der Waals surface area (Å²) in [5, 5.41) is 3.63. The van der Waals surface area contributed by atoms with Gasteiger partial charge in [-0.25, -0.2) is 4.39 Å². The molecule has 0 bridgehead atoms. The average molecular weight is 517 g/mol. The molecule has 1 atom stereocenters. The van der Waals surface area contributed by atoms with Crippen LogP contribution in [0.4, 0.5) is 4.39 Å². The minimum Gasteiger partial charge on any atom is -0.481 e. The van der Waals surface area contributed by atoms with E-state index in [-0.39, 0.29) is 30.7 Å². The number of carbonyl (C=O) groups is 2. The second-order valence-corrected chi connectivity index (χ2v) is 9.17. The molecular weight excluding hydrogens is 490 g/mol. The van der Waals surface area contributed by atoms with E-state index in [0.717, 1.165) is 5.56 Å². The Morgan fingerprint density at radius 3 is 2.29 bits per heavy atom. The minimum atomic E-state index is -0.842. The van der Waals surface area contributed by atoms with Gasteiger partial charge in [-0.05, 0) is 49.2 Å². The summed E-state index contributed by atoms with van der Waals surface area (Å²) in [6.07, 6.45) is 0.284. The number of amides is 2. The average Bonchev–Trinajstić information content (AvgIpc) is 2.83. The van der Waals surface area contributed by atoms with Gasteiger partial charge in [-0.15, -0.1) is 0 Å². The van der Waals surface area contributed by atoms with Gasteiger partial charge in [-0.1, -0.05) is 71.7 Å². The molecule has 0 saturated carbocycles. The summed E-state index contributed by atoms with van der Waals surface area (Å²) in [6, 6.07) is 19.3. The Kier molecular flexibility index (Phi) is 9.52. The topological polar surface area (TPSA) is 58.6 Å². The summed E-state index contributed by atoms with van der Waals surface area (Å²) in [4.78, 5) is 28.2. The Balaban J connectivity index is 1.93. The van der Waals surface area contributed by atoms with Crippen molar-refractivity contribution < 1.29 is 18.7 Å². The molecule has 0 aliphatic carbocycles. The number of nitrogens with zero attached hydrogens (tertiary/aromatic N) is 1. The molecule has 0 saturated heterocycles. The van der Waals surface area contributed by atoms with Crippen molar-refractivity contribution in [2.75, 3.05) is 6.61 Å². The zero-order chi connectivity index (χ0) is 25.4. The predicted octanol–water partition coefficient (Wildman–Crippen LogP) is 5.68. The first-order chi connectivity index (χ1) is 16.7. The van der Waals surface area contributed by atoms with E-state index >= 15 is 0 Å². The fraction of sp³-hybridized carbons (Fsp3) is 0.259. The van der Waals surface area contributed by atoms with Gasteiger partial charge in [-0.2, -0.15) is 0 Å². The van der Waals surface area contributed by atoms with Crippen molar-refractivity contribution in [3.63, 3.8) is 0 Å². The maximum absolute atomic E-state index is 14.0. The molecule has 8 heteroatoms. The standard InChI is InChI=1S/C27H27Cl2FN2O3/c1-18(2)31-27(34)24(15-19-8-4-3-5-9-19)32(16-20-12-13-21(28)22(29)14-20)26(33)17-35-25-11-7-6-10-23(25)30/h3-14,18,24H,15-17H2,1-2H3,(H,31,34). The van der Waals surface area contributed by atoms with E-state index in [1.807, 2.05) is 44.2 Å². The number of rotatable bonds is 10. The Hall–Kier alpha value is -3.09. The van der Waals surface area contributed by atoms with Crippen molar-refractivity contribution in [1.82, 2.24) is 10.2 Å². The number of hydrogen-bond acceptors (Lipinski definition) is 3. The molecule has 0 aliphatic rings. The molecule has 0 aliphatic heterocycles. The van der Waals surface area contributed by atoms with Gasteiger partial charge >= 0.3 is 0 Å². The number of para-hydroxylation sites is 1. The summed E-state index contributed by atoms with van der Waals surface area (Å²) in [6.45, 7) is 3.34. The monoisotopic (exact) mass is 516 g/mol. The van der Waals surface area contributed by atoms with E-state index < -0.39 is 24.4 Å². The van der Waals surface area contributed by atoms with E-state index in [0.29, 0.717) is 15.6 Å². The summed E-state index contributed by atoms with van der Waals surface area (Å²) in [5.74, 6) is -1.39. The lowest BCUT2D eigenvalue weighted by Crippen LogP contribution is -2.52. The zero-order valence-electron chi connectivity index (χ0n) is 19.5. The van der Waals surface area contributed by atoms with Gasteiger partial charge in [0, 0.05) is 19.0 Å². The first-order valence-electron chi connectivity index (χ1n) is 11.2. The molecule has 3 aromatic rings. The smallest absolute Gasteiger partial charge is 0.261 e. The van der Waals surface area contributed by atoms with Crippen LogP contribution in [0.2, 0.25) is 10.0 Å². The maximum atomic E-state index is 14.0. The van der Waals surface area contributed by atoms with Gasteiger partial charge < -0.3 is 15.0 Å².